The van der Waals surface area contributed by atoms with Crippen molar-refractivity contribution in [1.82, 2.24) is 14.7 Å². The first-order valence-electron chi connectivity index (χ1n) is 8.64. The third kappa shape index (κ3) is 2.91. The molecule has 2 aromatic heterocycles. The molecule has 0 atom stereocenters. The molecule has 3 aromatic rings. The number of H-pyrrole nitrogens is 1. The van der Waals surface area contributed by atoms with E-state index in [0.29, 0.717) is 5.52 Å². The van der Waals surface area contributed by atoms with Crippen LogP contribution in [-0.2, 0) is 6.54 Å². The largest absolute Gasteiger partial charge is 0.319 e. The SMILES string of the molecule is O=c1[nH]c2ccc(CNCC3CCCCC3)cc2n2cccc12. The van der Waals surface area contributed by atoms with Crippen molar-refractivity contribution < 1.29 is 0 Å². The van der Waals surface area contributed by atoms with Gasteiger partial charge in [-0.15, -0.1) is 0 Å². The fourth-order valence-corrected chi connectivity index (χ4v) is 3.77. The summed E-state index contributed by atoms with van der Waals surface area (Å²) in [7, 11) is 0. The summed E-state index contributed by atoms with van der Waals surface area (Å²) in [6.07, 6.45) is 8.88. The van der Waals surface area contributed by atoms with Crippen molar-refractivity contribution in [2.24, 2.45) is 5.92 Å². The summed E-state index contributed by atoms with van der Waals surface area (Å²) in [6.45, 7) is 2.00. The fraction of sp³-hybridized carbons (Fsp3) is 0.421. The van der Waals surface area contributed by atoms with Crippen LogP contribution in [0.4, 0.5) is 0 Å². The Morgan fingerprint density at radius 1 is 1.13 bits per heavy atom. The molecule has 4 heteroatoms. The van der Waals surface area contributed by atoms with E-state index in [1.807, 2.05) is 28.8 Å². The summed E-state index contributed by atoms with van der Waals surface area (Å²) in [5.41, 5.74) is 3.86. The van der Waals surface area contributed by atoms with Gasteiger partial charge in [0, 0.05) is 12.7 Å². The molecule has 2 N–H and O–H groups in total. The van der Waals surface area contributed by atoms with Crippen molar-refractivity contribution in [3.63, 3.8) is 0 Å². The van der Waals surface area contributed by atoms with Crippen LogP contribution in [0, 0.1) is 5.92 Å². The van der Waals surface area contributed by atoms with E-state index in [-0.39, 0.29) is 5.56 Å². The number of hydrogen-bond acceptors (Lipinski definition) is 2. The minimum absolute atomic E-state index is 0.0364. The molecule has 1 aromatic carbocycles. The highest BCUT2D eigenvalue weighted by Gasteiger charge is 2.12. The lowest BCUT2D eigenvalue weighted by Crippen LogP contribution is -2.24. The molecular weight excluding hydrogens is 286 g/mol. The van der Waals surface area contributed by atoms with E-state index in [0.717, 1.165) is 30.0 Å². The van der Waals surface area contributed by atoms with E-state index in [4.69, 9.17) is 0 Å². The molecular formula is C19H23N3O. The Labute approximate surface area is 135 Å². The zero-order valence-corrected chi connectivity index (χ0v) is 13.3. The maximum absolute atomic E-state index is 12.0. The van der Waals surface area contributed by atoms with Crippen molar-refractivity contribution >= 4 is 16.6 Å². The topological polar surface area (TPSA) is 49.3 Å². The Kier molecular flexibility index (Phi) is 3.92. The molecule has 0 unspecified atom stereocenters. The molecule has 23 heavy (non-hydrogen) atoms. The number of benzene rings is 1. The average Bonchev–Trinajstić information content (AvgIpc) is 3.07. The van der Waals surface area contributed by atoms with E-state index in [1.54, 1.807) is 0 Å². The van der Waals surface area contributed by atoms with Gasteiger partial charge in [0.25, 0.3) is 5.56 Å². The van der Waals surface area contributed by atoms with Crippen molar-refractivity contribution in [3.05, 3.63) is 52.4 Å². The number of aromatic amines is 1. The first-order chi connectivity index (χ1) is 11.3. The van der Waals surface area contributed by atoms with Crippen LogP contribution in [0.3, 0.4) is 0 Å². The molecule has 0 bridgehead atoms. The highest BCUT2D eigenvalue weighted by molar-refractivity contribution is 5.78. The van der Waals surface area contributed by atoms with Crippen LogP contribution in [-0.4, -0.2) is 15.9 Å². The van der Waals surface area contributed by atoms with Gasteiger partial charge in [0.1, 0.15) is 5.52 Å². The molecule has 1 saturated carbocycles. The van der Waals surface area contributed by atoms with Crippen molar-refractivity contribution in [1.29, 1.82) is 0 Å². The Morgan fingerprint density at radius 3 is 2.87 bits per heavy atom. The van der Waals surface area contributed by atoms with Crippen LogP contribution in [0.2, 0.25) is 0 Å². The van der Waals surface area contributed by atoms with Crippen molar-refractivity contribution in [2.45, 2.75) is 38.6 Å². The van der Waals surface area contributed by atoms with E-state index < -0.39 is 0 Å². The second-order valence-electron chi connectivity index (χ2n) is 6.70. The molecule has 0 saturated heterocycles. The van der Waals surface area contributed by atoms with Crippen LogP contribution in [0.1, 0.15) is 37.7 Å². The third-order valence-corrected chi connectivity index (χ3v) is 5.04. The molecule has 0 spiro atoms. The highest BCUT2D eigenvalue weighted by atomic mass is 16.1. The minimum atomic E-state index is -0.0364. The Balaban J connectivity index is 1.54. The zero-order chi connectivity index (χ0) is 15.6. The average molecular weight is 309 g/mol. The highest BCUT2D eigenvalue weighted by Crippen LogP contribution is 2.23. The summed E-state index contributed by atoms with van der Waals surface area (Å²) in [4.78, 5) is 15.0. The number of fused-ring (bicyclic) bond motifs is 3. The number of nitrogens with one attached hydrogen (secondary N) is 2. The molecule has 1 aliphatic carbocycles. The van der Waals surface area contributed by atoms with E-state index in [9.17, 15) is 4.79 Å². The number of nitrogens with zero attached hydrogens (tertiary/aromatic N) is 1. The summed E-state index contributed by atoms with van der Waals surface area (Å²) in [5, 5.41) is 3.61. The maximum atomic E-state index is 12.0. The van der Waals surface area contributed by atoms with E-state index in [2.05, 4.69) is 22.4 Å². The van der Waals surface area contributed by atoms with Crippen LogP contribution in [0.15, 0.2) is 41.3 Å². The van der Waals surface area contributed by atoms with Gasteiger partial charge in [0.15, 0.2) is 0 Å². The lowest BCUT2D eigenvalue weighted by Gasteiger charge is -2.21. The molecule has 4 nitrogen and oxygen atoms in total. The van der Waals surface area contributed by atoms with Gasteiger partial charge in [0.2, 0.25) is 0 Å². The van der Waals surface area contributed by atoms with Crippen LogP contribution in [0.25, 0.3) is 16.6 Å². The molecule has 2 heterocycles. The van der Waals surface area contributed by atoms with E-state index in [1.165, 1.54) is 37.7 Å². The molecule has 0 amide bonds. The third-order valence-electron chi connectivity index (χ3n) is 5.04. The molecule has 0 aliphatic heterocycles. The van der Waals surface area contributed by atoms with Gasteiger partial charge >= 0.3 is 0 Å². The van der Waals surface area contributed by atoms with Crippen LogP contribution in [0.5, 0.6) is 0 Å². The quantitative estimate of drug-likeness (QED) is 0.775. The standard InChI is InChI=1S/C19H23N3O/c23-19-17-7-4-10-22(17)18-11-15(8-9-16(18)21-19)13-20-12-14-5-2-1-3-6-14/h4,7-11,14,20H,1-3,5-6,12-13H2,(H,21,23). The summed E-state index contributed by atoms with van der Waals surface area (Å²) < 4.78 is 1.97. The molecule has 1 fully saturated rings. The van der Waals surface area contributed by atoms with Gasteiger partial charge in [-0.2, -0.15) is 0 Å². The van der Waals surface area contributed by atoms with Gasteiger partial charge in [-0.1, -0.05) is 25.3 Å². The second kappa shape index (κ2) is 6.20. The van der Waals surface area contributed by atoms with Crippen LogP contribution >= 0.6 is 0 Å². The zero-order valence-electron chi connectivity index (χ0n) is 13.3. The lowest BCUT2D eigenvalue weighted by atomic mass is 9.89. The Bertz CT molecular complexity index is 871. The number of aromatic nitrogens is 2. The first kappa shape index (κ1) is 14.5. The predicted molar refractivity (Wildman–Crippen MR) is 93.8 cm³/mol. The van der Waals surface area contributed by atoms with Crippen LogP contribution < -0.4 is 10.9 Å². The Hall–Kier alpha value is -2.07. The second-order valence-corrected chi connectivity index (χ2v) is 6.70. The van der Waals surface area contributed by atoms with Gasteiger partial charge in [-0.25, -0.2) is 0 Å². The first-order valence-corrected chi connectivity index (χ1v) is 8.64. The number of rotatable bonds is 4. The summed E-state index contributed by atoms with van der Waals surface area (Å²) in [6, 6.07) is 10.0. The summed E-state index contributed by atoms with van der Waals surface area (Å²) in [5.74, 6) is 0.844. The smallest absolute Gasteiger partial charge is 0.272 e. The fourth-order valence-electron chi connectivity index (χ4n) is 3.77. The molecule has 1 aliphatic rings. The Morgan fingerprint density at radius 2 is 2.00 bits per heavy atom. The van der Waals surface area contributed by atoms with E-state index >= 15 is 0 Å². The number of hydrogen-bond donors (Lipinski definition) is 2. The lowest BCUT2D eigenvalue weighted by molar-refractivity contribution is 0.342. The van der Waals surface area contributed by atoms with Crippen molar-refractivity contribution in [2.75, 3.05) is 6.54 Å². The van der Waals surface area contributed by atoms with Gasteiger partial charge in [-0.3, -0.25) is 4.79 Å². The van der Waals surface area contributed by atoms with Crippen molar-refractivity contribution in [3.8, 4) is 0 Å². The van der Waals surface area contributed by atoms with Gasteiger partial charge in [0.05, 0.1) is 11.0 Å². The summed E-state index contributed by atoms with van der Waals surface area (Å²) >= 11 is 0. The molecule has 120 valence electrons. The minimum Gasteiger partial charge on any atom is -0.319 e. The maximum Gasteiger partial charge on any atom is 0.272 e. The van der Waals surface area contributed by atoms with Gasteiger partial charge < -0.3 is 14.7 Å². The molecule has 4 rings (SSSR count). The molecule has 0 radical (unpaired) electrons. The monoisotopic (exact) mass is 309 g/mol. The normalized spacial score (nSPS) is 16.3. The van der Waals surface area contributed by atoms with Gasteiger partial charge in [-0.05, 0) is 55.1 Å². The predicted octanol–water partition coefficient (Wildman–Crippen LogP) is 3.45.